The van der Waals surface area contributed by atoms with Crippen molar-refractivity contribution in [2.45, 2.75) is 33.2 Å². The summed E-state index contributed by atoms with van der Waals surface area (Å²) in [5.74, 6) is 0.805. The first-order valence-electron chi connectivity index (χ1n) is 6.76. The fourth-order valence-corrected chi connectivity index (χ4v) is 2.07. The summed E-state index contributed by atoms with van der Waals surface area (Å²) in [6.07, 6.45) is 1.27. The molecule has 1 fully saturated rings. The highest BCUT2D eigenvalue weighted by Gasteiger charge is 2.18. The van der Waals surface area contributed by atoms with Crippen LogP contribution in [0.5, 0.6) is 0 Å². The zero-order valence-corrected chi connectivity index (χ0v) is 11.5. The van der Waals surface area contributed by atoms with Crippen LogP contribution in [0, 0.1) is 5.92 Å². The highest BCUT2D eigenvalue weighted by molar-refractivity contribution is 4.76. The van der Waals surface area contributed by atoms with E-state index in [0.29, 0.717) is 6.04 Å². The second-order valence-corrected chi connectivity index (χ2v) is 5.36. The van der Waals surface area contributed by atoms with Crippen molar-refractivity contribution in [2.24, 2.45) is 5.92 Å². The lowest BCUT2D eigenvalue weighted by Crippen LogP contribution is -2.51. The van der Waals surface area contributed by atoms with E-state index in [1.807, 2.05) is 0 Å². The van der Waals surface area contributed by atoms with E-state index in [1.165, 1.54) is 32.6 Å². The average Bonchev–Trinajstić information content (AvgIpc) is 2.29. The maximum absolute atomic E-state index is 3.59. The summed E-state index contributed by atoms with van der Waals surface area (Å²) in [4.78, 5) is 5.01. The van der Waals surface area contributed by atoms with Crippen LogP contribution in [0.15, 0.2) is 0 Å². The average molecular weight is 227 g/mol. The zero-order valence-electron chi connectivity index (χ0n) is 11.5. The molecule has 1 rings (SSSR count). The lowest BCUT2D eigenvalue weighted by atomic mass is 10.1. The molecule has 0 aliphatic carbocycles. The molecule has 1 saturated heterocycles. The van der Waals surface area contributed by atoms with Gasteiger partial charge in [-0.15, -0.1) is 0 Å². The lowest BCUT2D eigenvalue weighted by molar-refractivity contribution is 0.117. The van der Waals surface area contributed by atoms with Gasteiger partial charge in [-0.2, -0.15) is 0 Å². The molecule has 0 aromatic carbocycles. The number of nitrogens with zero attached hydrogens (tertiary/aromatic N) is 2. The number of rotatable bonds is 6. The van der Waals surface area contributed by atoms with Gasteiger partial charge in [0.15, 0.2) is 0 Å². The summed E-state index contributed by atoms with van der Waals surface area (Å²) >= 11 is 0. The molecular formula is C13H29N3. The Morgan fingerprint density at radius 2 is 1.69 bits per heavy atom. The predicted molar refractivity (Wildman–Crippen MR) is 70.9 cm³/mol. The highest BCUT2D eigenvalue weighted by Crippen LogP contribution is 2.04. The number of hydrogen-bond donors (Lipinski definition) is 1. The molecule has 96 valence electrons. The standard InChI is InChI=1S/C13H29N3/c1-5-12(2)10-14-11-13(3)16-8-6-15(4)7-9-16/h12-14H,5-11H2,1-4H3. The van der Waals surface area contributed by atoms with Crippen LogP contribution < -0.4 is 5.32 Å². The van der Waals surface area contributed by atoms with Gasteiger partial charge in [0.25, 0.3) is 0 Å². The van der Waals surface area contributed by atoms with E-state index in [9.17, 15) is 0 Å². The van der Waals surface area contributed by atoms with Crippen LogP contribution in [0.2, 0.25) is 0 Å². The molecule has 1 aliphatic heterocycles. The molecule has 3 nitrogen and oxygen atoms in total. The quantitative estimate of drug-likeness (QED) is 0.737. The van der Waals surface area contributed by atoms with E-state index in [-0.39, 0.29) is 0 Å². The summed E-state index contributed by atoms with van der Waals surface area (Å²) in [7, 11) is 2.21. The fourth-order valence-electron chi connectivity index (χ4n) is 2.07. The largest absolute Gasteiger partial charge is 0.315 e. The van der Waals surface area contributed by atoms with Crippen molar-refractivity contribution >= 4 is 0 Å². The summed E-state index contributed by atoms with van der Waals surface area (Å²) in [6.45, 7) is 14.1. The SMILES string of the molecule is CCC(C)CNCC(C)N1CCN(C)CC1. The van der Waals surface area contributed by atoms with Crippen LogP contribution in [-0.2, 0) is 0 Å². The molecule has 0 amide bonds. The van der Waals surface area contributed by atoms with Gasteiger partial charge in [-0.1, -0.05) is 20.3 Å². The molecule has 0 spiro atoms. The van der Waals surface area contributed by atoms with Gasteiger partial charge in [0.05, 0.1) is 0 Å². The van der Waals surface area contributed by atoms with Crippen LogP contribution in [0.3, 0.4) is 0 Å². The molecule has 16 heavy (non-hydrogen) atoms. The smallest absolute Gasteiger partial charge is 0.0193 e. The van der Waals surface area contributed by atoms with Crippen molar-refractivity contribution in [3.63, 3.8) is 0 Å². The van der Waals surface area contributed by atoms with E-state index in [1.54, 1.807) is 0 Å². The molecule has 1 N–H and O–H groups in total. The molecule has 1 heterocycles. The summed E-state index contributed by atoms with van der Waals surface area (Å²) in [5.41, 5.74) is 0. The fraction of sp³-hybridized carbons (Fsp3) is 1.00. The molecule has 1 aliphatic rings. The van der Waals surface area contributed by atoms with Gasteiger partial charge in [-0.05, 0) is 26.4 Å². The molecule has 0 saturated carbocycles. The van der Waals surface area contributed by atoms with Gasteiger partial charge < -0.3 is 10.2 Å². The van der Waals surface area contributed by atoms with Gasteiger partial charge in [-0.25, -0.2) is 0 Å². The van der Waals surface area contributed by atoms with E-state index in [0.717, 1.165) is 19.0 Å². The van der Waals surface area contributed by atoms with Crippen LogP contribution in [0.1, 0.15) is 27.2 Å². The Balaban J connectivity index is 2.12. The Morgan fingerprint density at radius 1 is 1.06 bits per heavy atom. The Morgan fingerprint density at radius 3 is 2.25 bits per heavy atom. The van der Waals surface area contributed by atoms with Gasteiger partial charge in [0.1, 0.15) is 0 Å². The zero-order chi connectivity index (χ0) is 12.0. The van der Waals surface area contributed by atoms with E-state index in [4.69, 9.17) is 0 Å². The van der Waals surface area contributed by atoms with Gasteiger partial charge in [0.2, 0.25) is 0 Å². The summed E-state index contributed by atoms with van der Waals surface area (Å²) in [6, 6.07) is 0.678. The van der Waals surface area contributed by atoms with Crippen molar-refractivity contribution in [3.8, 4) is 0 Å². The number of piperazine rings is 1. The van der Waals surface area contributed by atoms with Crippen molar-refractivity contribution < 1.29 is 0 Å². The predicted octanol–water partition coefficient (Wildman–Crippen LogP) is 1.26. The third-order valence-electron chi connectivity index (χ3n) is 3.79. The van der Waals surface area contributed by atoms with Crippen molar-refractivity contribution in [2.75, 3.05) is 46.3 Å². The van der Waals surface area contributed by atoms with E-state index < -0.39 is 0 Å². The molecular weight excluding hydrogens is 198 g/mol. The van der Waals surface area contributed by atoms with Crippen LogP contribution in [0.25, 0.3) is 0 Å². The molecule has 2 atom stereocenters. The van der Waals surface area contributed by atoms with Crippen molar-refractivity contribution in [3.05, 3.63) is 0 Å². The maximum atomic E-state index is 3.59. The minimum Gasteiger partial charge on any atom is -0.315 e. The molecule has 0 aromatic rings. The Labute approximate surface area is 101 Å². The third-order valence-corrected chi connectivity index (χ3v) is 3.79. The summed E-state index contributed by atoms with van der Waals surface area (Å²) < 4.78 is 0. The normalized spacial score (nSPS) is 23.2. The van der Waals surface area contributed by atoms with Crippen LogP contribution >= 0.6 is 0 Å². The molecule has 3 heteroatoms. The first-order chi connectivity index (χ1) is 7.63. The first kappa shape index (κ1) is 13.9. The topological polar surface area (TPSA) is 18.5 Å². The minimum absolute atomic E-state index is 0.678. The second-order valence-electron chi connectivity index (χ2n) is 5.36. The third kappa shape index (κ3) is 4.81. The van der Waals surface area contributed by atoms with Crippen LogP contribution in [-0.4, -0.2) is 62.2 Å². The van der Waals surface area contributed by atoms with E-state index in [2.05, 4.69) is 42.9 Å². The molecule has 0 bridgehead atoms. The van der Waals surface area contributed by atoms with Crippen LogP contribution in [0.4, 0.5) is 0 Å². The monoisotopic (exact) mass is 227 g/mol. The van der Waals surface area contributed by atoms with Crippen molar-refractivity contribution in [1.29, 1.82) is 0 Å². The Hall–Kier alpha value is -0.120. The molecule has 0 aromatic heterocycles. The minimum atomic E-state index is 0.678. The Kier molecular flexibility index (Phi) is 6.32. The van der Waals surface area contributed by atoms with Crippen molar-refractivity contribution in [1.82, 2.24) is 15.1 Å². The highest BCUT2D eigenvalue weighted by atomic mass is 15.3. The number of hydrogen-bond acceptors (Lipinski definition) is 3. The second kappa shape index (κ2) is 7.25. The van der Waals surface area contributed by atoms with Gasteiger partial charge in [-0.3, -0.25) is 4.90 Å². The number of nitrogens with one attached hydrogen (secondary N) is 1. The van der Waals surface area contributed by atoms with Gasteiger partial charge in [0, 0.05) is 38.8 Å². The van der Waals surface area contributed by atoms with E-state index >= 15 is 0 Å². The van der Waals surface area contributed by atoms with Gasteiger partial charge >= 0.3 is 0 Å². The lowest BCUT2D eigenvalue weighted by Gasteiger charge is -2.36. The Bertz CT molecular complexity index is 176. The maximum Gasteiger partial charge on any atom is 0.0193 e. The summed E-state index contributed by atoms with van der Waals surface area (Å²) in [5, 5.41) is 3.59. The molecule has 0 radical (unpaired) electrons. The number of likely N-dealkylation sites (N-methyl/N-ethyl adjacent to an activating group) is 1. The first-order valence-corrected chi connectivity index (χ1v) is 6.76. The molecule has 2 unspecified atom stereocenters.